The van der Waals surface area contributed by atoms with E-state index in [9.17, 15) is 4.79 Å². The summed E-state index contributed by atoms with van der Waals surface area (Å²) in [4.78, 5) is 17.2. The summed E-state index contributed by atoms with van der Waals surface area (Å²) in [6, 6.07) is 9.96. The average Bonchev–Trinajstić information content (AvgIpc) is 3.39. The van der Waals surface area contributed by atoms with E-state index in [0.717, 1.165) is 44.1 Å². The summed E-state index contributed by atoms with van der Waals surface area (Å²) in [5, 5.41) is 10.0. The third-order valence-corrected chi connectivity index (χ3v) is 5.16. The van der Waals surface area contributed by atoms with Gasteiger partial charge in [0.2, 0.25) is 0 Å². The van der Waals surface area contributed by atoms with Crippen LogP contribution in [0.2, 0.25) is 0 Å². The van der Waals surface area contributed by atoms with E-state index >= 15 is 0 Å². The Hall–Kier alpha value is -2.34. The van der Waals surface area contributed by atoms with Crippen molar-refractivity contribution in [1.82, 2.24) is 15.1 Å². The first-order valence-corrected chi connectivity index (χ1v) is 9.17. The number of nitrogens with zero attached hydrogens (tertiary/aromatic N) is 3. The van der Waals surface area contributed by atoms with Gasteiger partial charge in [0.1, 0.15) is 0 Å². The first-order valence-electron chi connectivity index (χ1n) is 9.17. The normalized spacial score (nSPS) is 18.4. The van der Waals surface area contributed by atoms with E-state index in [1.165, 1.54) is 18.5 Å². The summed E-state index contributed by atoms with van der Waals surface area (Å²) in [5.74, 6) is 0.411. The fourth-order valence-electron chi connectivity index (χ4n) is 3.33. The molecule has 4 rings (SSSR count). The molecule has 2 fully saturated rings. The van der Waals surface area contributed by atoms with Crippen molar-refractivity contribution >= 4 is 17.3 Å². The van der Waals surface area contributed by atoms with Gasteiger partial charge in [-0.1, -0.05) is 6.92 Å². The van der Waals surface area contributed by atoms with Crippen molar-refractivity contribution in [3.63, 3.8) is 0 Å². The zero-order valence-corrected chi connectivity index (χ0v) is 14.7. The minimum atomic E-state index is -0.160. The Morgan fingerprint density at radius 1 is 1.20 bits per heavy atom. The minimum Gasteiger partial charge on any atom is -0.369 e. The van der Waals surface area contributed by atoms with Gasteiger partial charge in [0.25, 0.3) is 5.91 Å². The molecule has 1 saturated heterocycles. The molecule has 1 aliphatic carbocycles. The number of amides is 1. The van der Waals surface area contributed by atoms with Gasteiger partial charge in [-0.25, -0.2) is 0 Å². The summed E-state index contributed by atoms with van der Waals surface area (Å²) < 4.78 is 0. The van der Waals surface area contributed by atoms with Gasteiger partial charge in [-0.15, -0.1) is 0 Å². The fraction of sp³-hybridized carbons (Fsp3) is 0.474. The molecule has 0 unspecified atom stereocenters. The Labute approximate surface area is 148 Å². The molecule has 2 heterocycles. The zero-order valence-electron chi connectivity index (χ0n) is 14.7. The van der Waals surface area contributed by atoms with Crippen molar-refractivity contribution in [2.24, 2.45) is 0 Å². The lowest BCUT2D eigenvalue weighted by atomic mass is 10.2. The molecule has 0 bridgehead atoms. The van der Waals surface area contributed by atoms with Crippen LogP contribution in [0.4, 0.5) is 11.4 Å². The van der Waals surface area contributed by atoms with Crippen LogP contribution >= 0.6 is 0 Å². The summed E-state index contributed by atoms with van der Waals surface area (Å²) >= 11 is 0. The summed E-state index contributed by atoms with van der Waals surface area (Å²) in [6.07, 6.45) is 2.38. The number of likely N-dealkylation sites (N-methyl/N-ethyl adjacent to an activating group) is 1. The Balaban J connectivity index is 1.36. The van der Waals surface area contributed by atoms with Crippen LogP contribution in [0, 0.1) is 0 Å². The maximum Gasteiger partial charge on any atom is 0.276 e. The van der Waals surface area contributed by atoms with Crippen LogP contribution in [-0.2, 0) is 0 Å². The number of H-pyrrole nitrogens is 1. The van der Waals surface area contributed by atoms with Crippen LogP contribution in [0.3, 0.4) is 0 Å². The molecule has 0 radical (unpaired) electrons. The van der Waals surface area contributed by atoms with Gasteiger partial charge in [0, 0.05) is 49.2 Å². The number of benzene rings is 1. The highest BCUT2D eigenvalue weighted by Gasteiger charge is 2.26. The number of nitrogens with one attached hydrogen (secondary N) is 2. The van der Waals surface area contributed by atoms with E-state index in [4.69, 9.17) is 0 Å². The van der Waals surface area contributed by atoms with Crippen molar-refractivity contribution in [3.05, 3.63) is 41.7 Å². The van der Waals surface area contributed by atoms with Crippen molar-refractivity contribution < 1.29 is 4.79 Å². The lowest BCUT2D eigenvalue weighted by Crippen LogP contribution is -2.46. The summed E-state index contributed by atoms with van der Waals surface area (Å²) in [6.45, 7) is 7.65. The molecule has 0 atom stereocenters. The highest BCUT2D eigenvalue weighted by molar-refractivity contribution is 6.03. The molecule has 1 aromatic carbocycles. The minimum absolute atomic E-state index is 0.160. The smallest absolute Gasteiger partial charge is 0.276 e. The molecular formula is C19H25N5O. The predicted molar refractivity (Wildman–Crippen MR) is 99.3 cm³/mol. The average molecular weight is 339 g/mol. The van der Waals surface area contributed by atoms with Gasteiger partial charge < -0.3 is 15.1 Å². The van der Waals surface area contributed by atoms with Crippen LogP contribution in [0.25, 0.3) is 0 Å². The summed E-state index contributed by atoms with van der Waals surface area (Å²) in [5.41, 5.74) is 3.55. The molecule has 1 amide bonds. The van der Waals surface area contributed by atoms with Crippen LogP contribution in [0.5, 0.6) is 0 Å². The predicted octanol–water partition coefficient (Wildman–Crippen LogP) is 2.68. The second-order valence-corrected chi connectivity index (χ2v) is 6.91. The van der Waals surface area contributed by atoms with E-state index in [2.05, 4.69) is 44.4 Å². The molecule has 1 aromatic heterocycles. The van der Waals surface area contributed by atoms with Gasteiger partial charge in [-0.3, -0.25) is 9.89 Å². The molecule has 25 heavy (non-hydrogen) atoms. The van der Waals surface area contributed by atoms with Crippen molar-refractivity contribution in [2.75, 3.05) is 42.9 Å². The van der Waals surface area contributed by atoms with E-state index in [1.54, 1.807) is 0 Å². The van der Waals surface area contributed by atoms with E-state index in [1.807, 2.05) is 18.2 Å². The number of aromatic amines is 1. The van der Waals surface area contributed by atoms with Gasteiger partial charge in [0.15, 0.2) is 5.69 Å². The number of rotatable bonds is 5. The van der Waals surface area contributed by atoms with E-state index in [-0.39, 0.29) is 5.91 Å². The van der Waals surface area contributed by atoms with Crippen LogP contribution in [-0.4, -0.2) is 53.7 Å². The zero-order chi connectivity index (χ0) is 17.2. The number of hydrogen-bond acceptors (Lipinski definition) is 4. The highest BCUT2D eigenvalue weighted by atomic mass is 16.1. The third-order valence-electron chi connectivity index (χ3n) is 5.16. The topological polar surface area (TPSA) is 64.3 Å². The maximum atomic E-state index is 12.3. The van der Waals surface area contributed by atoms with Crippen molar-refractivity contribution in [3.8, 4) is 0 Å². The first-order chi connectivity index (χ1) is 12.2. The lowest BCUT2D eigenvalue weighted by molar-refractivity contribution is 0.102. The monoisotopic (exact) mass is 339 g/mol. The Morgan fingerprint density at radius 2 is 1.92 bits per heavy atom. The van der Waals surface area contributed by atoms with Crippen molar-refractivity contribution in [2.45, 2.75) is 25.7 Å². The number of hydrogen-bond donors (Lipinski definition) is 2. The number of carbonyl (C=O) groups is 1. The standard InChI is InChI=1S/C19H25N5O/c1-2-23-9-11-24(12-10-23)16-7-5-15(6-8-16)20-19(25)18-13-17(21-22-18)14-3-4-14/h5-8,13-14H,2-4,9-12H2,1H3,(H,20,25)(H,21,22). The number of piperazine rings is 1. The van der Waals surface area contributed by atoms with Crippen LogP contribution in [0.15, 0.2) is 30.3 Å². The lowest BCUT2D eigenvalue weighted by Gasteiger charge is -2.35. The largest absolute Gasteiger partial charge is 0.369 e. The third kappa shape index (κ3) is 3.69. The molecule has 1 aliphatic heterocycles. The Bertz CT molecular complexity index is 727. The molecule has 0 spiro atoms. The van der Waals surface area contributed by atoms with Crippen molar-refractivity contribution in [1.29, 1.82) is 0 Å². The number of anilines is 2. The number of carbonyl (C=O) groups excluding carboxylic acids is 1. The molecule has 132 valence electrons. The Morgan fingerprint density at radius 3 is 2.56 bits per heavy atom. The molecule has 1 saturated carbocycles. The fourth-order valence-corrected chi connectivity index (χ4v) is 3.33. The SMILES string of the molecule is CCN1CCN(c2ccc(NC(=O)c3cc(C4CC4)[nH]n3)cc2)CC1. The molecule has 2 aromatic rings. The van der Waals surface area contributed by atoms with Gasteiger partial charge in [0.05, 0.1) is 0 Å². The first kappa shape index (κ1) is 16.1. The van der Waals surface area contributed by atoms with E-state index < -0.39 is 0 Å². The maximum absolute atomic E-state index is 12.3. The van der Waals surface area contributed by atoms with Gasteiger partial charge in [-0.05, 0) is 49.7 Å². The molecular weight excluding hydrogens is 314 g/mol. The molecule has 2 N–H and O–H groups in total. The van der Waals surface area contributed by atoms with Gasteiger partial charge >= 0.3 is 0 Å². The second-order valence-electron chi connectivity index (χ2n) is 6.91. The molecule has 6 heteroatoms. The highest BCUT2D eigenvalue weighted by Crippen LogP contribution is 2.39. The molecule has 6 nitrogen and oxygen atoms in total. The van der Waals surface area contributed by atoms with Crippen LogP contribution in [0.1, 0.15) is 41.9 Å². The summed E-state index contributed by atoms with van der Waals surface area (Å²) in [7, 11) is 0. The van der Waals surface area contributed by atoms with Crippen LogP contribution < -0.4 is 10.2 Å². The Kier molecular flexibility index (Phi) is 4.44. The quantitative estimate of drug-likeness (QED) is 0.879. The number of aromatic nitrogens is 2. The van der Waals surface area contributed by atoms with E-state index in [0.29, 0.717) is 11.6 Å². The van der Waals surface area contributed by atoms with Gasteiger partial charge in [-0.2, -0.15) is 5.10 Å². The molecule has 2 aliphatic rings. The second kappa shape index (κ2) is 6.88.